The van der Waals surface area contributed by atoms with Crippen molar-refractivity contribution in [1.29, 1.82) is 0 Å². The molecule has 2 fully saturated rings. The summed E-state index contributed by atoms with van der Waals surface area (Å²) >= 11 is 0. The van der Waals surface area contributed by atoms with Crippen LogP contribution in [0.1, 0.15) is 18.4 Å². The average Bonchev–Trinajstić information content (AvgIpc) is 3.05. The topological polar surface area (TPSA) is 64.6 Å². The van der Waals surface area contributed by atoms with Crippen LogP contribution in [0.5, 0.6) is 0 Å². The van der Waals surface area contributed by atoms with Gasteiger partial charge in [-0.1, -0.05) is 0 Å². The van der Waals surface area contributed by atoms with Crippen LogP contribution in [0.3, 0.4) is 0 Å². The number of anilines is 1. The molecule has 1 unspecified atom stereocenters. The first-order valence-electron chi connectivity index (χ1n) is 7.50. The quantitative estimate of drug-likeness (QED) is 0.812. The summed E-state index contributed by atoms with van der Waals surface area (Å²) in [6.45, 7) is 8.27. The van der Waals surface area contributed by atoms with Gasteiger partial charge in [0.05, 0.1) is 13.1 Å². The minimum Gasteiger partial charge on any atom is -0.442 e. The third kappa shape index (κ3) is 2.42. The average molecular weight is 309 g/mol. The maximum Gasteiger partial charge on any atom is 0.414 e. The predicted octanol–water partition coefficient (Wildman–Crippen LogP) is 2.21. The van der Waals surface area contributed by atoms with Gasteiger partial charge in [-0.3, -0.25) is 4.90 Å². The van der Waals surface area contributed by atoms with Gasteiger partial charge in [-0.25, -0.2) is 21.0 Å². The predicted molar refractivity (Wildman–Crippen MR) is 81.6 cm³/mol. The fourth-order valence-electron chi connectivity index (χ4n) is 2.90. The lowest BCUT2D eigenvalue weighted by molar-refractivity contribution is 0.129. The third-order valence-electron chi connectivity index (χ3n) is 4.39. The number of rotatable bonds is 4. The van der Waals surface area contributed by atoms with Gasteiger partial charge < -0.3 is 9.58 Å². The molecular weight excluding hydrogens is 294 g/mol. The van der Waals surface area contributed by atoms with Gasteiger partial charge in [0.25, 0.3) is 5.54 Å². The molecule has 1 saturated carbocycles. The van der Waals surface area contributed by atoms with Crippen LogP contribution in [0, 0.1) is 6.57 Å². The zero-order valence-electron chi connectivity index (χ0n) is 12.4. The van der Waals surface area contributed by atoms with Gasteiger partial charge >= 0.3 is 6.09 Å². The molecule has 0 bridgehead atoms. The number of cyclic esters (lactones) is 1. The lowest BCUT2D eigenvalue weighted by Crippen LogP contribution is -2.26. The molecule has 23 heavy (non-hydrogen) atoms. The molecule has 2 aromatic rings. The number of carbonyl (C=O) groups excluding carboxylic acids is 1. The Morgan fingerprint density at radius 2 is 2.13 bits per heavy atom. The van der Waals surface area contributed by atoms with Gasteiger partial charge in [0, 0.05) is 24.1 Å². The monoisotopic (exact) mass is 309 g/mol. The van der Waals surface area contributed by atoms with E-state index in [1.165, 1.54) is 6.33 Å². The zero-order chi connectivity index (χ0) is 15.9. The van der Waals surface area contributed by atoms with Crippen molar-refractivity contribution in [3.63, 3.8) is 0 Å². The van der Waals surface area contributed by atoms with Crippen LogP contribution in [-0.2, 0) is 16.8 Å². The maximum atomic E-state index is 12.1. The highest BCUT2D eigenvalue weighted by Crippen LogP contribution is 2.49. The lowest BCUT2D eigenvalue weighted by Gasteiger charge is -2.13. The van der Waals surface area contributed by atoms with Crippen molar-refractivity contribution < 1.29 is 9.53 Å². The second-order valence-corrected chi connectivity index (χ2v) is 5.92. The zero-order valence-corrected chi connectivity index (χ0v) is 12.4. The molecule has 2 aliphatic rings. The molecule has 0 N–H and O–H groups in total. The molecule has 1 atom stereocenters. The molecule has 1 aliphatic carbocycles. The Kier molecular flexibility index (Phi) is 3.05. The fraction of sp³-hybridized carbons (Fsp3) is 0.375. The lowest BCUT2D eigenvalue weighted by atomic mass is 10.1. The second-order valence-electron chi connectivity index (χ2n) is 5.92. The number of ether oxygens (including phenoxy) is 1. The Hall–Kier alpha value is -2.88. The highest BCUT2D eigenvalue weighted by atomic mass is 16.6. The van der Waals surface area contributed by atoms with E-state index in [4.69, 9.17) is 11.3 Å². The largest absolute Gasteiger partial charge is 0.442 e. The number of benzene rings is 1. The van der Waals surface area contributed by atoms with Crippen LogP contribution >= 0.6 is 0 Å². The normalized spacial score (nSPS) is 21.8. The van der Waals surface area contributed by atoms with E-state index in [1.807, 2.05) is 24.3 Å². The van der Waals surface area contributed by atoms with Crippen molar-refractivity contribution in [3.8, 4) is 0 Å². The van der Waals surface area contributed by atoms with Gasteiger partial charge in [-0.05, 0) is 24.3 Å². The number of nitrogens with zero attached hydrogens (tertiary/aromatic N) is 5. The number of amides is 1. The van der Waals surface area contributed by atoms with Crippen molar-refractivity contribution in [3.05, 3.63) is 53.9 Å². The van der Waals surface area contributed by atoms with Crippen molar-refractivity contribution in [2.45, 2.75) is 31.0 Å². The van der Waals surface area contributed by atoms with Crippen molar-refractivity contribution in [1.82, 2.24) is 14.8 Å². The molecular formula is C16H15N5O2. The van der Waals surface area contributed by atoms with E-state index < -0.39 is 0 Å². The molecule has 7 nitrogen and oxygen atoms in total. The maximum absolute atomic E-state index is 12.1. The van der Waals surface area contributed by atoms with E-state index in [0.29, 0.717) is 13.1 Å². The molecule has 0 spiro atoms. The van der Waals surface area contributed by atoms with Crippen LogP contribution in [0.4, 0.5) is 10.5 Å². The molecule has 1 aliphatic heterocycles. The van der Waals surface area contributed by atoms with E-state index >= 15 is 0 Å². The molecule has 4 rings (SSSR count). The van der Waals surface area contributed by atoms with Crippen molar-refractivity contribution in [2.75, 3.05) is 11.4 Å². The van der Waals surface area contributed by atoms with Gasteiger partial charge in [0.1, 0.15) is 18.8 Å². The first-order valence-corrected chi connectivity index (χ1v) is 7.50. The molecule has 2 heterocycles. The summed E-state index contributed by atoms with van der Waals surface area (Å²) in [5.74, 6) is 0. The van der Waals surface area contributed by atoms with Gasteiger partial charge in [-0.15, -0.1) is 0 Å². The molecule has 116 valence electrons. The van der Waals surface area contributed by atoms with E-state index in [2.05, 4.69) is 14.9 Å². The highest BCUT2D eigenvalue weighted by Gasteiger charge is 2.52. The fourth-order valence-corrected chi connectivity index (χ4v) is 2.90. The van der Waals surface area contributed by atoms with Gasteiger partial charge in [0.15, 0.2) is 0 Å². The molecule has 7 heteroatoms. The van der Waals surface area contributed by atoms with E-state index in [9.17, 15) is 4.79 Å². The molecule has 1 amide bonds. The molecule has 1 aromatic carbocycles. The third-order valence-corrected chi connectivity index (χ3v) is 4.39. The molecule has 1 aromatic heterocycles. The summed E-state index contributed by atoms with van der Waals surface area (Å²) in [4.78, 5) is 21.3. The van der Waals surface area contributed by atoms with Crippen LogP contribution in [0.25, 0.3) is 4.85 Å². The smallest absolute Gasteiger partial charge is 0.414 e. The van der Waals surface area contributed by atoms with Crippen molar-refractivity contribution in [2.24, 2.45) is 0 Å². The minimum absolute atomic E-state index is 0.248. The first kappa shape index (κ1) is 13.8. The SMILES string of the molecule is [C-]#[N+]C1(c2ccc(N3CC(Cn4cncn4)OC3=O)cc2)CC1. The summed E-state index contributed by atoms with van der Waals surface area (Å²) in [5.41, 5.74) is 1.50. The molecule has 1 saturated heterocycles. The highest BCUT2D eigenvalue weighted by molar-refractivity contribution is 5.89. The van der Waals surface area contributed by atoms with Crippen molar-refractivity contribution >= 4 is 11.8 Å². The van der Waals surface area contributed by atoms with Crippen LogP contribution in [0.15, 0.2) is 36.9 Å². The van der Waals surface area contributed by atoms with Gasteiger partial charge in [0.2, 0.25) is 0 Å². The van der Waals surface area contributed by atoms with Gasteiger partial charge in [-0.2, -0.15) is 5.10 Å². The summed E-state index contributed by atoms with van der Waals surface area (Å²) < 4.78 is 7.03. The Bertz CT molecular complexity index is 759. The van der Waals surface area contributed by atoms with Crippen LogP contribution in [0.2, 0.25) is 0 Å². The summed E-state index contributed by atoms with van der Waals surface area (Å²) in [7, 11) is 0. The first-order chi connectivity index (χ1) is 11.2. The summed E-state index contributed by atoms with van der Waals surface area (Å²) in [5, 5.41) is 4.03. The van der Waals surface area contributed by atoms with Crippen LogP contribution in [-0.4, -0.2) is 33.5 Å². The molecule has 0 radical (unpaired) electrons. The standard InChI is InChI=1S/C16H15N5O2/c1-17-16(6-7-16)12-2-4-13(5-3-12)21-9-14(23-15(21)22)8-20-11-18-10-19-20/h2-5,10-11,14H,6-9H2. The van der Waals surface area contributed by atoms with E-state index in [0.717, 1.165) is 24.1 Å². The number of hydrogen-bond donors (Lipinski definition) is 0. The number of hydrogen-bond acceptors (Lipinski definition) is 4. The minimum atomic E-state index is -0.353. The second kappa shape index (κ2) is 5.09. The number of carbonyl (C=O) groups is 1. The van der Waals surface area contributed by atoms with Crippen LogP contribution < -0.4 is 4.90 Å². The Balaban J connectivity index is 1.48. The summed E-state index contributed by atoms with van der Waals surface area (Å²) in [6, 6.07) is 7.66. The number of aromatic nitrogens is 3. The Morgan fingerprint density at radius 3 is 2.74 bits per heavy atom. The van der Waals surface area contributed by atoms with E-state index in [-0.39, 0.29) is 17.7 Å². The Labute approximate surface area is 133 Å². The summed E-state index contributed by atoms with van der Waals surface area (Å²) in [6.07, 6.45) is 4.29. The van der Waals surface area contributed by atoms with E-state index in [1.54, 1.807) is 15.9 Å². The Morgan fingerprint density at radius 1 is 1.35 bits per heavy atom.